The highest BCUT2D eigenvalue weighted by Gasteiger charge is 2.07. The molecule has 1 aromatic carbocycles. The van der Waals surface area contributed by atoms with Crippen LogP contribution >= 0.6 is 0 Å². The highest BCUT2D eigenvalue weighted by molar-refractivity contribution is 6.35. The monoisotopic (exact) mass is 211 g/mol. The lowest BCUT2D eigenvalue weighted by Crippen LogP contribution is -2.11. The summed E-state index contributed by atoms with van der Waals surface area (Å²) < 4.78 is 11.4. The van der Waals surface area contributed by atoms with E-state index >= 15 is 0 Å². The third-order valence-corrected chi connectivity index (χ3v) is 1.60. The number of carbonyl (C=O) groups excluding carboxylic acids is 1. The third kappa shape index (κ3) is 3.26. The number of hydrogen-bond acceptors (Lipinski definition) is 5. The van der Waals surface area contributed by atoms with Gasteiger partial charge in [0.15, 0.2) is 0 Å². The van der Waals surface area contributed by atoms with Gasteiger partial charge in [0.1, 0.15) is 5.71 Å². The third-order valence-electron chi connectivity index (χ3n) is 1.60. The van der Waals surface area contributed by atoms with E-state index in [4.69, 9.17) is 5.73 Å². The van der Waals surface area contributed by atoms with Gasteiger partial charge in [0.05, 0.1) is 5.69 Å². The summed E-state index contributed by atoms with van der Waals surface area (Å²) in [5.41, 5.74) is 9.08. The van der Waals surface area contributed by atoms with Crippen LogP contribution in [0.25, 0.3) is 0 Å². The Hall–Kier alpha value is -2.11. The number of hydrazone groups is 1. The van der Waals surface area contributed by atoms with Crippen LogP contribution in [0.3, 0.4) is 0 Å². The van der Waals surface area contributed by atoms with Gasteiger partial charge in [-0.1, -0.05) is 6.07 Å². The van der Waals surface area contributed by atoms with Crippen LogP contribution in [0, 0.1) is 0 Å². The number of carbonyl (C=O) groups is 1. The zero-order valence-electron chi connectivity index (χ0n) is 8.03. The van der Waals surface area contributed by atoms with Crippen LogP contribution in [0.15, 0.2) is 29.4 Å². The SMILES string of the molecule is C/C(=N\Nc1cccc(N)c1)C(=O)OF. The number of nitrogen functional groups attached to an aromatic ring is 1. The number of halogens is 1. The molecule has 0 amide bonds. The second-order valence-electron chi connectivity index (χ2n) is 2.80. The number of rotatable bonds is 3. The molecule has 0 aliphatic rings. The van der Waals surface area contributed by atoms with E-state index < -0.39 is 5.97 Å². The fourth-order valence-electron chi connectivity index (χ4n) is 0.858. The Morgan fingerprint density at radius 2 is 2.33 bits per heavy atom. The Labute approximate surface area is 85.6 Å². The maximum absolute atomic E-state index is 11.4. The van der Waals surface area contributed by atoms with Crippen molar-refractivity contribution < 1.29 is 14.3 Å². The van der Waals surface area contributed by atoms with E-state index in [0.717, 1.165) is 0 Å². The van der Waals surface area contributed by atoms with Gasteiger partial charge in [0.2, 0.25) is 0 Å². The smallest absolute Gasteiger partial charge is 0.395 e. The molecule has 0 fully saturated rings. The summed E-state index contributed by atoms with van der Waals surface area (Å²) in [6.45, 7) is 1.32. The second kappa shape index (κ2) is 4.94. The molecule has 0 bridgehead atoms. The average molecular weight is 211 g/mol. The summed E-state index contributed by atoms with van der Waals surface area (Å²) >= 11 is 0. The van der Waals surface area contributed by atoms with Gasteiger partial charge in [-0.25, -0.2) is 9.74 Å². The van der Waals surface area contributed by atoms with Gasteiger partial charge in [-0.15, -0.1) is 0 Å². The molecule has 15 heavy (non-hydrogen) atoms. The molecule has 0 aliphatic heterocycles. The molecule has 1 aromatic rings. The van der Waals surface area contributed by atoms with Crippen molar-refractivity contribution >= 4 is 23.1 Å². The fraction of sp³-hybridized carbons (Fsp3) is 0.111. The molecule has 0 spiro atoms. The van der Waals surface area contributed by atoms with Gasteiger partial charge in [-0.05, 0) is 25.1 Å². The van der Waals surface area contributed by atoms with Crippen molar-refractivity contribution in [2.24, 2.45) is 5.10 Å². The maximum atomic E-state index is 11.4. The first-order valence-electron chi connectivity index (χ1n) is 4.12. The van der Waals surface area contributed by atoms with Crippen molar-refractivity contribution in [3.05, 3.63) is 24.3 Å². The zero-order valence-corrected chi connectivity index (χ0v) is 8.03. The molecule has 0 saturated carbocycles. The van der Waals surface area contributed by atoms with Crippen LogP contribution in [-0.4, -0.2) is 11.7 Å². The molecular formula is C9H10FN3O2. The van der Waals surface area contributed by atoms with E-state index in [0.29, 0.717) is 11.4 Å². The molecular weight excluding hydrogens is 201 g/mol. The lowest BCUT2D eigenvalue weighted by molar-refractivity contribution is -0.174. The van der Waals surface area contributed by atoms with Crippen LogP contribution in [0.4, 0.5) is 15.9 Å². The number of anilines is 2. The summed E-state index contributed by atoms with van der Waals surface area (Å²) in [5, 5.41) is 3.60. The number of nitrogens with one attached hydrogen (secondary N) is 1. The van der Waals surface area contributed by atoms with Gasteiger partial charge in [-0.2, -0.15) is 5.10 Å². The Bertz CT molecular complexity index is 393. The van der Waals surface area contributed by atoms with E-state index in [1.54, 1.807) is 24.3 Å². The first-order chi connectivity index (χ1) is 7.13. The van der Waals surface area contributed by atoms with Gasteiger partial charge in [-0.3, -0.25) is 5.43 Å². The van der Waals surface area contributed by atoms with Crippen LogP contribution in [0.5, 0.6) is 0 Å². The van der Waals surface area contributed by atoms with Crippen molar-refractivity contribution in [3.8, 4) is 0 Å². The minimum atomic E-state index is -1.13. The minimum absolute atomic E-state index is 0.125. The van der Waals surface area contributed by atoms with Crippen molar-refractivity contribution in [2.75, 3.05) is 11.2 Å². The topological polar surface area (TPSA) is 76.7 Å². The molecule has 0 radical (unpaired) electrons. The van der Waals surface area contributed by atoms with Gasteiger partial charge >= 0.3 is 5.97 Å². The Morgan fingerprint density at radius 1 is 1.60 bits per heavy atom. The standard InChI is InChI=1S/C9H10FN3O2/c1-6(9(14)15-10)12-13-8-4-2-3-7(11)5-8/h2-5,13H,11H2,1H3/b12-6+. The summed E-state index contributed by atoms with van der Waals surface area (Å²) in [6, 6.07) is 6.75. The number of hydrogen-bond donors (Lipinski definition) is 2. The minimum Gasteiger partial charge on any atom is -0.399 e. The lowest BCUT2D eigenvalue weighted by atomic mass is 10.3. The number of nitrogens with two attached hydrogens (primary N) is 1. The van der Waals surface area contributed by atoms with Crippen LogP contribution < -0.4 is 11.2 Å². The van der Waals surface area contributed by atoms with E-state index in [2.05, 4.69) is 15.5 Å². The Kier molecular flexibility index (Phi) is 3.61. The summed E-state index contributed by atoms with van der Waals surface area (Å²) in [6.07, 6.45) is 0. The first-order valence-corrected chi connectivity index (χ1v) is 4.12. The molecule has 0 unspecified atom stereocenters. The maximum Gasteiger partial charge on any atom is 0.395 e. The van der Waals surface area contributed by atoms with Gasteiger partial charge < -0.3 is 5.73 Å². The van der Waals surface area contributed by atoms with Crippen molar-refractivity contribution in [1.82, 2.24) is 0 Å². The summed E-state index contributed by atoms with van der Waals surface area (Å²) in [5.74, 6) is -1.13. The molecule has 0 aliphatic carbocycles. The van der Waals surface area contributed by atoms with Gasteiger partial charge in [0, 0.05) is 10.2 Å². The summed E-state index contributed by atoms with van der Waals surface area (Å²) in [7, 11) is 0. The average Bonchev–Trinajstić information content (AvgIpc) is 2.25. The molecule has 0 heterocycles. The molecule has 3 N–H and O–H groups in total. The largest absolute Gasteiger partial charge is 0.399 e. The van der Waals surface area contributed by atoms with Crippen molar-refractivity contribution in [1.29, 1.82) is 0 Å². The molecule has 5 nitrogen and oxygen atoms in total. The lowest BCUT2D eigenvalue weighted by Gasteiger charge is -2.01. The van der Waals surface area contributed by atoms with E-state index in [-0.39, 0.29) is 5.71 Å². The van der Waals surface area contributed by atoms with E-state index in [1.165, 1.54) is 6.92 Å². The predicted molar refractivity (Wildman–Crippen MR) is 54.8 cm³/mol. The van der Waals surface area contributed by atoms with Crippen LogP contribution in [0.2, 0.25) is 0 Å². The first kappa shape index (κ1) is 11.0. The number of benzene rings is 1. The van der Waals surface area contributed by atoms with E-state index in [1.807, 2.05) is 0 Å². The molecule has 80 valence electrons. The van der Waals surface area contributed by atoms with E-state index in [9.17, 15) is 9.32 Å². The predicted octanol–water partition coefficient (Wildman–Crippen LogP) is 1.48. The highest BCUT2D eigenvalue weighted by atomic mass is 19.3. The van der Waals surface area contributed by atoms with Gasteiger partial charge in [0.25, 0.3) is 0 Å². The normalized spacial score (nSPS) is 10.9. The second-order valence-corrected chi connectivity index (χ2v) is 2.80. The molecule has 0 saturated heterocycles. The van der Waals surface area contributed by atoms with Crippen LogP contribution in [0.1, 0.15) is 6.92 Å². The highest BCUT2D eigenvalue weighted by Crippen LogP contribution is 2.11. The number of nitrogens with zero attached hydrogens (tertiary/aromatic N) is 1. The molecule has 0 aromatic heterocycles. The van der Waals surface area contributed by atoms with Crippen LogP contribution in [-0.2, 0) is 9.74 Å². The summed E-state index contributed by atoms with van der Waals surface area (Å²) in [4.78, 5) is 13.6. The molecule has 1 rings (SSSR count). The van der Waals surface area contributed by atoms with Crippen molar-refractivity contribution in [3.63, 3.8) is 0 Å². The molecule has 0 atom stereocenters. The quantitative estimate of drug-likeness (QED) is 0.451. The van der Waals surface area contributed by atoms with Crippen molar-refractivity contribution in [2.45, 2.75) is 6.92 Å². The Morgan fingerprint density at radius 3 is 2.93 bits per heavy atom. The fourth-order valence-corrected chi connectivity index (χ4v) is 0.858. The Balaban J connectivity index is 2.67. The zero-order chi connectivity index (χ0) is 11.3. The molecule has 6 heteroatoms.